The molecule has 2 aromatic rings. The molecule has 0 amide bonds. The first kappa shape index (κ1) is 10.5. The van der Waals surface area contributed by atoms with Gasteiger partial charge in [0.15, 0.2) is 0 Å². The molecule has 1 N–H and O–H groups in total. The molecule has 1 aliphatic rings. The van der Waals surface area contributed by atoms with Crippen LogP contribution in [0.2, 0.25) is 0 Å². The summed E-state index contributed by atoms with van der Waals surface area (Å²) in [6.45, 7) is 0.949. The first-order valence-electron chi connectivity index (χ1n) is 6.13. The summed E-state index contributed by atoms with van der Waals surface area (Å²) in [6, 6.07) is 9.26. The van der Waals surface area contributed by atoms with Crippen molar-refractivity contribution in [2.75, 3.05) is 0 Å². The number of hydrogen-bond donors (Lipinski definition) is 1. The van der Waals surface area contributed by atoms with Gasteiger partial charge in [-0.05, 0) is 35.9 Å². The van der Waals surface area contributed by atoms with Gasteiger partial charge in [-0.1, -0.05) is 24.3 Å². The van der Waals surface area contributed by atoms with Crippen LogP contribution in [0.4, 0.5) is 0 Å². The van der Waals surface area contributed by atoms with Crippen LogP contribution in [0.15, 0.2) is 48.8 Å². The summed E-state index contributed by atoms with van der Waals surface area (Å²) in [7, 11) is 0. The van der Waals surface area contributed by atoms with E-state index in [4.69, 9.17) is 0 Å². The summed E-state index contributed by atoms with van der Waals surface area (Å²) in [4.78, 5) is 4.13. The molecule has 0 radical (unpaired) electrons. The lowest BCUT2D eigenvalue weighted by Gasteiger charge is -2.12. The van der Waals surface area contributed by atoms with Gasteiger partial charge in [0.2, 0.25) is 0 Å². The second kappa shape index (κ2) is 4.68. The highest BCUT2D eigenvalue weighted by atomic mass is 14.9. The molecule has 0 fully saturated rings. The first-order chi connectivity index (χ1) is 8.42. The van der Waals surface area contributed by atoms with Crippen LogP contribution in [0.1, 0.15) is 18.4 Å². The Bertz CT molecular complexity index is 537. The molecule has 86 valence electrons. The van der Waals surface area contributed by atoms with E-state index >= 15 is 0 Å². The topological polar surface area (TPSA) is 24.9 Å². The Morgan fingerprint density at radius 3 is 2.88 bits per heavy atom. The predicted octanol–water partition coefficient (Wildman–Crippen LogP) is 3.04. The quantitative estimate of drug-likeness (QED) is 0.810. The van der Waals surface area contributed by atoms with Gasteiger partial charge in [-0.3, -0.25) is 4.98 Å². The minimum atomic E-state index is 0.628. The van der Waals surface area contributed by atoms with Crippen molar-refractivity contribution >= 4 is 10.8 Å². The third kappa shape index (κ3) is 2.37. The number of benzene rings is 1. The molecular weight excluding hydrogens is 208 g/mol. The molecule has 2 heteroatoms. The highest BCUT2D eigenvalue weighted by molar-refractivity contribution is 5.81. The predicted molar refractivity (Wildman–Crippen MR) is 70.7 cm³/mol. The van der Waals surface area contributed by atoms with E-state index < -0.39 is 0 Å². The van der Waals surface area contributed by atoms with E-state index in [1.165, 1.54) is 16.3 Å². The first-order valence-corrected chi connectivity index (χ1v) is 6.13. The number of aromatic nitrogens is 1. The van der Waals surface area contributed by atoms with E-state index in [9.17, 15) is 0 Å². The number of rotatable bonds is 3. The number of pyridine rings is 1. The Labute approximate surface area is 101 Å². The number of fused-ring (bicyclic) bond motifs is 1. The second-order valence-corrected chi connectivity index (χ2v) is 4.58. The largest absolute Gasteiger partial charge is 0.309 e. The van der Waals surface area contributed by atoms with Crippen LogP contribution in [0.25, 0.3) is 10.8 Å². The van der Waals surface area contributed by atoms with Crippen molar-refractivity contribution in [2.24, 2.45) is 0 Å². The molecule has 0 unspecified atom stereocenters. The summed E-state index contributed by atoms with van der Waals surface area (Å²) < 4.78 is 0. The second-order valence-electron chi connectivity index (χ2n) is 4.58. The molecule has 0 atom stereocenters. The number of nitrogens with zero attached hydrogens (tertiary/aromatic N) is 1. The Morgan fingerprint density at radius 1 is 1.12 bits per heavy atom. The van der Waals surface area contributed by atoms with Gasteiger partial charge in [-0.2, -0.15) is 0 Å². The van der Waals surface area contributed by atoms with Gasteiger partial charge < -0.3 is 5.32 Å². The summed E-state index contributed by atoms with van der Waals surface area (Å²) in [6.07, 6.45) is 10.6. The van der Waals surface area contributed by atoms with Gasteiger partial charge in [0.05, 0.1) is 0 Å². The molecule has 0 bridgehead atoms. The summed E-state index contributed by atoms with van der Waals surface area (Å²) in [5.41, 5.74) is 1.34. The monoisotopic (exact) mass is 224 g/mol. The van der Waals surface area contributed by atoms with E-state index in [0.29, 0.717) is 6.04 Å². The molecule has 1 heterocycles. The van der Waals surface area contributed by atoms with E-state index in [1.807, 2.05) is 12.4 Å². The molecule has 0 aliphatic heterocycles. The highest BCUT2D eigenvalue weighted by Crippen LogP contribution is 2.15. The van der Waals surface area contributed by atoms with Gasteiger partial charge in [-0.15, -0.1) is 0 Å². The minimum Gasteiger partial charge on any atom is -0.309 e. The van der Waals surface area contributed by atoms with Gasteiger partial charge in [0.25, 0.3) is 0 Å². The summed E-state index contributed by atoms with van der Waals surface area (Å²) in [5, 5.41) is 6.06. The fourth-order valence-corrected chi connectivity index (χ4v) is 2.29. The Hall–Kier alpha value is -1.67. The molecule has 3 rings (SSSR count). The maximum absolute atomic E-state index is 4.13. The van der Waals surface area contributed by atoms with Gasteiger partial charge >= 0.3 is 0 Å². The van der Waals surface area contributed by atoms with E-state index in [0.717, 1.165) is 19.4 Å². The lowest BCUT2D eigenvalue weighted by Crippen LogP contribution is -2.25. The van der Waals surface area contributed by atoms with Crippen LogP contribution in [-0.4, -0.2) is 11.0 Å². The van der Waals surface area contributed by atoms with Crippen molar-refractivity contribution in [3.63, 3.8) is 0 Å². The zero-order valence-electron chi connectivity index (χ0n) is 9.76. The number of nitrogens with one attached hydrogen (secondary N) is 1. The number of hydrogen-bond acceptors (Lipinski definition) is 2. The maximum Gasteiger partial charge on any atom is 0.0346 e. The van der Waals surface area contributed by atoms with Crippen molar-refractivity contribution < 1.29 is 0 Å². The Kier molecular flexibility index (Phi) is 2.88. The Balaban J connectivity index is 1.72. The molecule has 0 saturated carbocycles. The van der Waals surface area contributed by atoms with Crippen LogP contribution in [-0.2, 0) is 6.54 Å². The van der Waals surface area contributed by atoms with E-state index in [-0.39, 0.29) is 0 Å². The van der Waals surface area contributed by atoms with Crippen LogP contribution in [0, 0.1) is 0 Å². The molecule has 1 aromatic heterocycles. The summed E-state index contributed by atoms with van der Waals surface area (Å²) in [5.74, 6) is 0. The third-order valence-corrected chi connectivity index (χ3v) is 3.31. The SMILES string of the molecule is C1=CCC(NCc2ccc3cnccc3c2)C1. The van der Waals surface area contributed by atoms with Crippen molar-refractivity contribution in [2.45, 2.75) is 25.4 Å². The van der Waals surface area contributed by atoms with Crippen LogP contribution in [0.3, 0.4) is 0 Å². The van der Waals surface area contributed by atoms with Crippen LogP contribution >= 0.6 is 0 Å². The minimum absolute atomic E-state index is 0.628. The molecular formula is C15H16N2. The zero-order valence-corrected chi connectivity index (χ0v) is 9.76. The smallest absolute Gasteiger partial charge is 0.0346 e. The van der Waals surface area contributed by atoms with E-state index in [2.05, 4.69) is 46.7 Å². The average molecular weight is 224 g/mol. The average Bonchev–Trinajstić information content (AvgIpc) is 2.89. The van der Waals surface area contributed by atoms with Gasteiger partial charge in [0, 0.05) is 30.4 Å². The lowest BCUT2D eigenvalue weighted by molar-refractivity contribution is 0.539. The standard InChI is InChI=1S/C15H16N2/c1-2-4-15(3-1)17-10-12-5-6-14-11-16-8-7-13(14)9-12/h1-2,5-9,11,15,17H,3-4,10H2. The normalized spacial score (nSPS) is 15.8. The molecule has 0 saturated heterocycles. The Morgan fingerprint density at radius 2 is 2.00 bits per heavy atom. The molecule has 1 aromatic carbocycles. The van der Waals surface area contributed by atoms with E-state index in [1.54, 1.807) is 0 Å². The lowest BCUT2D eigenvalue weighted by atomic mass is 10.1. The van der Waals surface area contributed by atoms with Crippen LogP contribution in [0.5, 0.6) is 0 Å². The molecule has 1 aliphatic carbocycles. The van der Waals surface area contributed by atoms with Crippen molar-refractivity contribution in [1.82, 2.24) is 10.3 Å². The molecule has 17 heavy (non-hydrogen) atoms. The summed E-state index contributed by atoms with van der Waals surface area (Å²) >= 11 is 0. The molecule has 2 nitrogen and oxygen atoms in total. The maximum atomic E-state index is 4.13. The highest BCUT2D eigenvalue weighted by Gasteiger charge is 2.08. The van der Waals surface area contributed by atoms with Crippen molar-refractivity contribution in [3.8, 4) is 0 Å². The van der Waals surface area contributed by atoms with Crippen molar-refractivity contribution in [3.05, 3.63) is 54.4 Å². The van der Waals surface area contributed by atoms with Gasteiger partial charge in [-0.25, -0.2) is 0 Å². The fourth-order valence-electron chi connectivity index (χ4n) is 2.29. The third-order valence-electron chi connectivity index (χ3n) is 3.31. The molecule has 0 spiro atoms. The van der Waals surface area contributed by atoms with Gasteiger partial charge in [0.1, 0.15) is 0 Å². The zero-order chi connectivity index (χ0) is 11.5. The van der Waals surface area contributed by atoms with Crippen molar-refractivity contribution in [1.29, 1.82) is 0 Å². The van der Waals surface area contributed by atoms with Crippen LogP contribution < -0.4 is 5.32 Å². The fraction of sp³-hybridized carbons (Fsp3) is 0.267.